The molecule has 5 nitrogen and oxygen atoms in total. The number of hydrogen-bond donors (Lipinski definition) is 1. The van der Waals surface area contributed by atoms with Crippen molar-refractivity contribution in [1.29, 1.82) is 0 Å². The Kier molecular flexibility index (Phi) is 5.19. The molecule has 0 spiro atoms. The van der Waals surface area contributed by atoms with Crippen LogP contribution in [-0.2, 0) is 9.59 Å². The maximum Gasteiger partial charge on any atom is 0.245 e. The summed E-state index contributed by atoms with van der Waals surface area (Å²) >= 11 is 0. The van der Waals surface area contributed by atoms with Crippen molar-refractivity contribution in [2.45, 2.75) is 38.1 Å². The van der Waals surface area contributed by atoms with Crippen LogP contribution in [0.5, 0.6) is 0 Å². The Balaban J connectivity index is 1.74. The molecule has 0 radical (unpaired) electrons. The molecule has 0 aliphatic carbocycles. The van der Waals surface area contributed by atoms with E-state index in [0.29, 0.717) is 39.0 Å². The summed E-state index contributed by atoms with van der Waals surface area (Å²) in [6.45, 7) is 4.65. The molecular formula is C19H27N3O2. The molecular weight excluding hydrogens is 302 g/mol. The normalized spacial score (nSPS) is 25.3. The van der Waals surface area contributed by atoms with E-state index < -0.39 is 0 Å². The van der Waals surface area contributed by atoms with Crippen LogP contribution in [0.1, 0.15) is 37.7 Å². The molecule has 24 heavy (non-hydrogen) atoms. The van der Waals surface area contributed by atoms with E-state index in [-0.39, 0.29) is 29.7 Å². The molecule has 2 heterocycles. The second kappa shape index (κ2) is 7.34. The van der Waals surface area contributed by atoms with Crippen molar-refractivity contribution in [3.05, 3.63) is 35.9 Å². The van der Waals surface area contributed by atoms with Crippen LogP contribution in [0.2, 0.25) is 0 Å². The van der Waals surface area contributed by atoms with Gasteiger partial charge in [0, 0.05) is 32.0 Å². The Morgan fingerprint density at radius 3 is 2.62 bits per heavy atom. The summed E-state index contributed by atoms with van der Waals surface area (Å²) in [5.41, 5.74) is 7.22. The van der Waals surface area contributed by atoms with Gasteiger partial charge in [-0.2, -0.15) is 0 Å². The van der Waals surface area contributed by atoms with Gasteiger partial charge >= 0.3 is 0 Å². The first kappa shape index (κ1) is 17.0. The molecule has 2 aliphatic rings. The maximum absolute atomic E-state index is 13.0. The third kappa shape index (κ3) is 3.18. The number of amides is 2. The summed E-state index contributed by atoms with van der Waals surface area (Å²) in [7, 11) is 0. The highest BCUT2D eigenvalue weighted by atomic mass is 16.2. The van der Waals surface area contributed by atoms with Crippen molar-refractivity contribution < 1.29 is 9.59 Å². The zero-order chi connectivity index (χ0) is 17.1. The van der Waals surface area contributed by atoms with E-state index in [1.807, 2.05) is 30.0 Å². The molecule has 2 saturated heterocycles. The molecule has 0 saturated carbocycles. The van der Waals surface area contributed by atoms with E-state index in [4.69, 9.17) is 5.73 Å². The van der Waals surface area contributed by atoms with Gasteiger partial charge in [-0.1, -0.05) is 37.3 Å². The van der Waals surface area contributed by atoms with Crippen molar-refractivity contribution in [3.63, 3.8) is 0 Å². The number of carbonyl (C=O) groups is 2. The SMILES string of the molecule is CCC(C(=O)N1C[C@@H](CN)[C@H](c2ccccc2)C1)N1CCCC1=O. The summed E-state index contributed by atoms with van der Waals surface area (Å²) in [6, 6.07) is 9.99. The lowest BCUT2D eigenvalue weighted by molar-refractivity contribution is -0.143. The average Bonchev–Trinajstić information content (AvgIpc) is 3.23. The first-order valence-electron chi connectivity index (χ1n) is 8.99. The lowest BCUT2D eigenvalue weighted by Crippen LogP contribution is -2.48. The van der Waals surface area contributed by atoms with Gasteiger partial charge in [-0.15, -0.1) is 0 Å². The fourth-order valence-corrected chi connectivity index (χ4v) is 4.11. The van der Waals surface area contributed by atoms with Gasteiger partial charge in [0.15, 0.2) is 0 Å². The van der Waals surface area contributed by atoms with Gasteiger partial charge in [-0.25, -0.2) is 0 Å². The molecule has 3 atom stereocenters. The summed E-state index contributed by atoms with van der Waals surface area (Å²) in [5.74, 6) is 0.768. The minimum Gasteiger partial charge on any atom is -0.340 e. The van der Waals surface area contributed by atoms with E-state index in [1.54, 1.807) is 4.90 Å². The van der Waals surface area contributed by atoms with Crippen molar-refractivity contribution >= 4 is 11.8 Å². The quantitative estimate of drug-likeness (QED) is 0.892. The fraction of sp³-hybridized carbons (Fsp3) is 0.579. The van der Waals surface area contributed by atoms with E-state index in [9.17, 15) is 9.59 Å². The van der Waals surface area contributed by atoms with Crippen LogP contribution in [0.25, 0.3) is 0 Å². The van der Waals surface area contributed by atoms with Gasteiger partial charge in [-0.05, 0) is 30.9 Å². The standard InChI is InChI=1S/C19H27N3O2/c1-2-17(22-10-6-9-18(22)23)19(24)21-12-15(11-20)16(13-21)14-7-4-3-5-8-14/h3-5,7-8,15-17H,2,6,9-13,20H2,1H3/t15-,16+,17?/m1/s1. The number of nitrogens with zero attached hydrogens (tertiary/aromatic N) is 2. The number of likely N-dealkylation sites (tertiary alicyclic amines) is 2. The van der Waals surface area contributed by atoms with E-state index in [1.165, 1.54) is 5.56 Å². The smallest absolute Gasteiger partial charge is 0.245 e. The number of carbonyl (C=O) groups excluding carboxylic acids is 2. The molecule has 2 aliphatic heterocycles. The van der Waals surface area contributed by atoms with Crippen molar-refractivity contribution in [2.24, 2.45) is 11.7 Å². The Bertz CT molecular complexity index is 590. The Hall–Kier alpha value is -1.88. The number of nitrogens with two attached hydrogens (primary N) is 1. The Morgan fingerprint density at radius 2 is 2.04 bits per heavy atom. The largest absolute Gasteiger partial charge is 0.340 e. The Morgan fingerprint density at radius 1 is 1.29 bits per heavy atom. The fourth-order valence-electron chi connectivity index (χ4n) is 4.11. The third-order valence-electron chi connectivity index (χ3n) is 5.44. The molecule has 2 fully saturated rings. The monoisotopic (exact) mass is 329 g/mol. The topological polar surface area (TPSA) is 66.6 Å². The van der Waals surface area contributed by atoms with Gasteiger partial charge in [0.2, 0.25) is 11.8 Å². The highest BCUT2D eigenvalue weighted by Crippen LogP contribution is 2.33. The molecule has 5 heteroatoms. The number of hydrogen-bond acceptors (Lipinski definition) is 3. The lowest BCUT2D eigenvalue weighted by atomic mass is 9.89. The van der Waals surface area contributed by atoms with Crippen LogP contribution >= 0.6 is 0 Å². The first-order chi connectivity index (χ1) is 11.7. The molecule has 0 aromatic heterocycles. The van der Waals surface area contributed by atoms with Crippen LogP contribution in [0.3, 0.4) is 0 Å². The van der Waals surface area contributed by atoms with Crippen molar-refractivity contribution in [3.8, 4) is 0 Å². The Labute approximate surface area is 143 Å². The zero-order valence-corrected chi connectivity index (χ0v) is 14.4. The molecule has 130 valence electrons. The molecule has 3 rings (SSSR count). The number of rotatable bonds is 5. The van der Waals surface area contributed by atoms with E-state index >= 15 is 0 Å². The van der Waals surface area contributed by atoms with E-state index in [0.717, 1.165) is 6.42 Å². The predicted octanol–water partition coefficient (Wildman–Crippen LogP) is 1.59. The second-order valence-electron chi connectivity index (χ2n) is 6.87. The van der Waals surface area contributed by atoms with Gasteiger partial charge < -0.3 is 15.5 Å². The molecule has 2 amide bonds. The predicted molar refractivity (Wildman–Crippen MR) is 93.3 cm³/mol. The molecule has 1 aromatic rings. The second-order valence-corrected chi connectivity index (χ2v) is 6.87. The van der Waals surface area contributed by atoms with Gasteiger partial charge in [0.05, 0.1) is 0 Å². The molecule has 1 aromatic carbocycles. The summed E-state index contributed by atoms with van der Waals surface area (Å²) in [4.78, 5) is 28.8. The van der Waals surface area contributed by atoms with Crippen molar-refractivity contribution in [1.82, 2.24) is 9.80 Å². The summed E-state index contributed by atoms with van der Waals surface area (Å²) in [5, 5.41) is 0. The maximum atomic E-state index is 13.0. The zero-order valence-electron chi connectivity index (χ0n) is 14.4. The lowest BCUT2D eigenvalue weighted by Gasteiger charge is -2.30. The molecule has 1 unspecified atom stereocenters. The van der Waals surface area contributed by atoms with Gasteiger partial charge in [0.25, 0.3) is 0 Å². The number of benzene rings is 1. The minimum absolute atomic E-state index is 0.0876. The summed E-state index contributed by atoms with van der Waals surface area (Å²) < 4.78 is 0. The third-order valence-corrected chi connectivity index (χ3v) is 5.44. The highest BCUT2D eigenvalue weighted by Gasteiger charge is 2.40. The first-order valence-corrected chi connectivity index (χ1v) is 8.99. The average molecular weight is 329 g/mol. The van der Waals surface area contributed by atoms with Gasteiger partial charge in [0.1, 0.15) is 6.04 Å². The van der Waals surface area contributed by atoms with Crippen LogP contribution in [0.15, 0.2) is 30.3 Å². The van der Waals surface area contributed by atoms with E-state index in [2.05, 4.69) is 12.1 Å². The minimum atomic E-state index is -0.312. The van der Waals surface area contributed by atoms with Crippen LogP contribution < -0.4 is 5.73 Å². The van der Waals surface area contributed by atoms with Crippen LogP contribution in [0.4, 0.5) is 0 Å². The van der Waals surface area contributed by atoms with Crippen LogP contribution in [-0.4, -0.2) is 53.8 Å². The highest BCUT2D eigenvalue weighted by molar-refractivity contribution is 5.88. The van der Waals surface area contributed by atoms with Crippen molar-refractivity contribution in [2.75, 3.05) is 26.2 Å². The van der Waals surface area contributed by atoms with Gasteiger partial charge in [-0.3, -0.25) is 9.59 Å². The molecule has 0 bridgehead atoms. The van der Waals surface area contributed by atoms with Crippen LogP contribution in [0, 0.1) is 5.92 Å². The summed E-state index contributed by atoms with van der Waals surface area (Å²) in [6.07, 6.45) is 2.10. The molecule has 2 N–H and O–H groups in total.